The SMILES string of the molecule is CC[C@@H](Nc1cnc(C=CC(=O)NO)cn1)C(=O)NCC1CCCCC1. The molecule has 0 saturated heterocycles. The van der Waals surface area contributed by atoms with E-state index >= 15 is 0 Å². The number of nitrogens with zero attached hydrogens (tertiary/aromatic N) is 2. The lowest BCUT2D eigenvalue weighted by Crippen LogP contribution is -2.41. The molecule has 0 aromatic carbocycles. The number of aromatic nitrogens is 2. The van der Waals surface area contributed by atoms with Gasteiger partial charge in [-0.15, -0.1) is 0 Å². The Kier molecular flexibility index (Phi) is 8.01. The number of amides is 2. The number of hydroxylamine groups is 1. The third kappa shape index (κ3) is 6.44. The van der Waals surface area contributed by atoms with Gasteiger partial charge < -0.3 is 10.6 Å². The Balaban J connectivity index is 1.84. The van der Waals surface area contributed by atoms with E-state index in [0.29, 0.717) is 23.9 Å². The van der Waals surface area contributed by atoms with Crippen molar-refractivity contribution in [3.63, 3.8) is 0 Å². The van der Waals surface area contributed by atoms with Crippen molar-refractivity contribution in [3.8, 4) is 0 Å². The molecule has 8 heteroatoms. The average Bonchev–Trinajstić information content (AvgIpc) is 2.70. The van der Waals surface area contributed by atoms with E-state index in [1.807, 2.05) is 6.92 Å². The summed E-state index contributed by atoms with van der Waals surface area (Å²) in [6.45, 7) is 2.68. The maximum absolute atomic E-state index is 12.4. The number of carbonyl (C=O) groups excluding carboxylic acids is 2. The lowest BCUT2D eigenvalue weighted by atomic mass is 9.89. The van der Waals surface area contributed by atoms with Crippen LogP contribution in [0, 0.1) is 5.92 Å². The lowest BCUT2D eigenvalue weighted by molar-refractivity contribution is -0.124. The fourth-order valence-corrected chi connectivity index (χ4v) is 2.99. The lowest BCUT2D eigenvalue weighted by Gasteiger charge is -2.23. The molecule has 1 aromatic heterocycles. The highest BCUT2D eigenvalue weighted by Crippen LogP contribution is 2.22. The van der Waals surface area contributed by atoms with E-state index in [9.17, 15) is 9.59 Å². The van der Waals surface area contributed by atoms with Crippen molar-refractivity contribution in [2.75, 3.05) is 11.9 Å². The van der Waals surface area contributed by atoms with Crippen LogP contribution in [0.25, 0.3) is 6.08 Å². The van der Waals surface area contributed by atoms with Gasteiger partial charge in [-0.2, -0.15) is 0 Å². The van der Waals surface area contributed by atoms with Crippen molar-refractivity contribution in [2.45, 2.75) is 51.5 Å². The fraction of sp³-hybridized carbons (Fsp3) is 0.556. The minimum Gasteiger partial charge on any atom is -0.357 e. The molecule has 1 aliphatic rings. The summed E-state index contributed by atoms with van der Waals surface area (Å²) in [6.07, 6.45) is 12.4. The Bertz CT molecular complexity index is 612. The molecule has 8 nitrogen and oxygen atoms in total. The van der Waals surface area contributed by atoms with Gasteiger partial charge in [-0.1, -0.05) is 26.2 Å². The van der Waals surface area contributed by atoms with Crippen LogP contribution in [0.2, 0.25) is 0 Å². The van der Waals surface area contributed by atoms with Crippen molar-refractivity contribution in [2.24, 2.45) is 5.92 Å². The summed E-state index contributed by atoms with van der Waals surface area (Å²) < 4.78 is 0. The van der Waals surface area contributed by atoms with Crippen molar-refractivity contribution in [1.82, 2.24) is 20.8 Å². The average molecular weight is 361 g/mol. The highest BCUT2D eigenvalue weighted by molar-refractivity contribution is 5.90. The first-order valence-corrected chi connectivity index (χ1v) is 9.10. The zero-order chi connectivity index (χ0) is 18.8. The second-order valence-electron chi connectivity index (χ2n) is 6.49. The number of hydrogen-bond donors (Lipinski definition) is 4. The Morgan fingerprint density at radius 1 is 1.27 bits per heavy atom. The molecule has 1 atom stereocenters. The molecule has 2 rings (SSSR count). The largest absolute Gasteiger partial charge is 0.357 e. The minimum absolute atomic E-state index is 0.0246. The number of anilines is 1. The number of nitrogens with one attached hydrogen (secondary N) is 3. The molecule has 0 radical (unpaired) electrons. The van der Waals surface area contributed by atoms with E-state index in [1.165, 1.54) is 56.1 Å². The fourth-order valence-electron chi connectivity index (χ4n) is 2.99. The van der Waals surface area contributed by atoms with Gasteiger partial charge in [-0.3, -0.25) is 19.8 Å². The Morgan fingerprint density at radius 3 is 2.65 bits per heavy atom. The first-order chi connectivity index (χ1) is 12.6. The maximum atomic E-state index is 12.4. The van der Waals surface area contributed by atoms with Gasteiger partial charge in [0.15, 0.2) is 0 Å². The van der Waals surface area contributed by atoms with E-state index in [2.05, 4.69) is 20.6 Å². The summed E-state index contributed by atoms with van der Waals surface area (Å²) in [4.78, 5) is 31.7. The number of carbonyl (C=O) groups is 2. The van der Waals surface area contributed by atoms with Crippen LogP contribution in [0.1, 0.15) is 51.1 Å². The highest BCUT2D eigenvalue weighted by atomic mass is 16.5. The summed E-state index contributed by atoms with van der Waals surface area (Å²) in [6, 6.07) is -0.366. The first kappa shape index (κ1) is 19.8. The molecule has 26 heavy (non-hydrogen) atoms. The van der Waals surface area contributed by atoms with Crippen molar-refractivity contribution in [3.05, 3.63) is 24.2 Å². The first-order valence-electron chi connectivity index (χ1n) is 9.10. The molecular weight excluding hydrogens is 334 g/mol. The van der Waals surface area contributed by atoms with Crippen LogP contribution in [0.5, 0.6) is 0 Å². The minimum atomic E-state index is -0.644. The molecule has 1 aromatic rings. The monoisotopic (exact) mass is 361 g/mol. The van der Waals surface area contributed by atoms with Gasteiger partial charge in [0.05, 0.1) is 18.1 Å². The predicted molar refractivity (Wildman–Crippen MR) is 98.3 cm³/mol. The van der Waals surface area contributed by atoms with Crippen LogP contribution in [-0.2, 0) is 9.59 Å². The Morgan fingerprint density at radius 2 is 2.04 bits per heavy atom. The molecule has 0 aliphatic heterocycles. The summed E-state index contributed by atoms with van der Waals surface area (Å²) in [7, 11) is 0. The van der Waals surface area contributed by atoms with Gasteiger partial charge in [-0.25, -0.2) is 10.5 Å². The Labute approximate surface area is 153 Å². The standard InChI is InChI=1S/C18H27N5O3/c1-2-15(18(25)21-10-13-6-4-3-5-7-13)22-16-12-19-14(11-20-16)8-9-17(24)23-26/h8-9,11-13,15,26H,2-7,10H2,1H3,(H,20,22)(H,21,25)(H,23,24)/t15-/m1/s1. The molecule has 4 N–H and O–H groups in total. The molecule has 0 spiro atoms. The molecule has 2 amide bonds. The summed E-state index contributed by atoms with van der Waals surface area (Å²) in [5.41, 5.74) is 1.96. The smallest absolute Gasteiger partial charge is 0.267 e. The van der Waals surface area contributed by atoms with E-state index in [1.54, 1.807) is 0 Å². The van der Waals surface area contributed by atoms with Crippen molar-refractivity contribution < 1.29 is 14.8 Å². The van der Waals surface area contributed by atoms with Crippen LogP contribution >= 0.6 is 0 Å². The van der Waals surface area contributed by atoms with Crippen LogP contribution < -0.4 is 16.1 Å². The van der Waals surface area contributed by atoms with E-state index < -0.39 is 5.91 Å². The molecule has 1 saturated carbocycles. The second kappa shape index (κ2) is 10.5. The number of rotatable bonds is 8. The summed E-state index contributed by atoms with van der Waals surface area (Å²) in [5, 5.41) is 14.6. The highest BCUT2D eigenvalue weighted by Gasteiger charge is 2.19. The van der Waals surface area contributed by atoms with Gasteiger partial charge in [0, 0.05) is 12.6 Å². The van der Waals surface area contributed by atoms with Gasteiger partial charge in [0.1, 0.15) is 11.9 Å². The van der Waals surface area contributed by atoms with Gasteiger partial charge in [0.25, 0.3) is 5.91 Å². The molecule has 0 unspecified atom stereocenters. The van der Waals surface area contributed by atoms with Crippen LogP contribution in [-0.4, -0.2) is 39.6 Å². The van der Waals surface area contributed by atoms with Crippen molar-refractivity contribution >= 4 is 23.7 Å². The predicted octanol–water partition coefficient (Wildman–Crippen LogP) is 1.88. The topological polar surface area (TPSA) is 116 Å². The van der Waals surface area contributed by atoms with Gasteiger partial charge in [0.2, 0.25) is 5.91 Å². The zero-order valence-electron chi connectivity index (χ0n) is 15.1. The molecule has 1 fully saturated rings. The maximum Gasteiger partial charge on any atom is 0.267 e. The molecule has 142 valence electrons. The summed E-state index contributed by atoms with van der Waals surface area (Å²) >= 11 is 0. The third-order valence-electron chi connectivity index (χ3n) is 4.52. The third-order valence-corrected chi connectivity index (χ3v) is 4.52. The summed E-state index contributed by atoms with van der Waals surface area (Å²) in [5.74, 6) is 0.416. The second-order valence-corrected chi connectivity index (χ2v) is 6.49. The van der Waals surface area contributed by atoms with Crippen LogP contribution in [0.15, 0.2) is 18.5 Å². The molecular formula is C18H27N5O3. The molecule has 0 bridgehead atoms. The molecule has 1 heterocycles. The van der Waals surface area contributed by atoms with E-state index in [0.717, 1.165) is 12.6 Å². The number of hydrogen-bond acceptors (Lipinski definition) is 6. The van der Waals surface area contributed by atoms with Gasteiger partial charge >= 0.3 is 0 Å². The van der Waals surface area contributed by atoms with Gasteiger partial charge in [-0.05, 0) is 31.3 Å². The van der Waals surface area contributed by atoms with Crippen LogP contribution in [0.3, 0.4) is 0 Å². The van der Waals surface area contributed by atoms with E-state index in [4.69, 9.17) is 5.21 Å². The quantitative estimate of drug-likeness (QED) is 0.319. The normalized spacial score (nSPS) is 16.2. The zero-order valence-corrected chi connectivity index (χ0v) is 15.1. The van der Waals surface area contributed by atoms with Crippen LogP contribution in [0.4, 0.5) is 5.82 Å². The van der Waals surface area contributed by atoms with Crippen molar-refractivity contribution in [1.29, 1.82) is 0 Å². The molecule has 1 aliphatic carbocycles. The Hall–Kier alpha value is -2.48. The van der Waals surface area contributed by atoms with E-state index in [-0.39, 0.29) is 11.9 Å².